The van der Waals surface area contributed by atoms with Crippen molar-refractivity contribution in [3.63, 3.8) is 0 Å². The van der Waals surface area contributed by atoms with Gasteiger partial charge in [0.15, 0.2) is 0 Å². The van der Waals surface area contributed by atoms with Gasteiger partial charge in [-0.25, -0.2) is 9.78 Å². The first-order valence-corrected chi connectivity index (χ1v) is 14.6. The summed E-state index contributed by atoms with van der Waals surface area (Å²) in [4.78, 5) is 20.4. The van der Waals surface area contributed by atoms with Gasteiger partial charge in [0.25, 0.3) is 0 Å². The zero-order valence-corrected chi connectivity index (χ0v) is 23.4. The quantitative estimate of drug-likeness (QED) is 0.412. The molecule has 8 nitrogen and oxygen atoms in total. The van der Waals surface area contributed by atoms with Crippen LogP contribution in [0, 0.1) is 24.7 Å². The number of piperidine rings is 1. The van der Waals surface area contributed by atoms with E-state index >= 15 is 0 Å². The van der Waals surface area contributed by atoms with E-state index in [0.717, 1.165) is 84.9 Å². The second-order valence-corrected chi connectivity index (χ2v) is 11.8. The molecule has 3 atom stereocenters. The molecule has 8 heteroatoms. The maximum Gasteiger partial charge on any atom is 0.319 e. The monoisotopic (exact) mass is 527 g/mol. The van der Waals surface area contributed by atoms with Crippen LogP contribution in [0.5, 0.6) is 0 Å². The van der Waals surface area contributed by atoms with Crippen molar-refractivity contribution in [1.29, 1.82) is 0 Å². The highest BCUT2D eigenvalue weighted by molar-refractivity contribution is 5.90. The fourth-order valence-electron chi connectivity index (χ4n) is 6.47. The van der Waals surface area contributed by atoms with Gasteiger partial charge in [-0.05, 0) is 104 Å². The van der Waals surface area contributed by atoms with Crippen molar-refractivity contribution < 1.29 is 4.79 Å². The lowest BCUT2D eigenvalue weighted by Crippen LogP contribution is -2.32. The van der Waals surface area contributed by atoms with E-state index in [1.165, 1.54) is 6.42 Å². The van der Waals surface area contributed by atoms with Crippen LogP contribution in [-0.2, 0) is 0 Å². The average Bonchev–Trinajstić information content (AvgIpc) is 3.64. The highest BCUT2D eigenvalue weighted by Gasteiger charge is 2.31. The Hall–Kier alpha value is -3.39. The lowest BCUT2D eigenvalue weighted by molar-refractivity contribution is 0.245. The van der Waals surface area contributed by atoms with Gasteiger partial charge in [-0.2, -0.15) is 5.10 Å². The van der Waals surface area contributed by atoms with Crippen LogP contribution < -0.4 is 20.9 Å². The van der Waals surface area contributed by atoms with Crippen LogP contribution in [0.1, 0.15) is 51.1 Å². The summed E-state index contributed by atoms with van der Waals surface area (Å²) in [5.41, 5.74) is 6.18. The molecule has 39 heavy (non-hydrogen) atoms. The molecule has 2 saturated heterocycles. The lowest BCUT2D eigenvalue weighted by Gasteiger charge is -2.27. The van der Waals surface area contributed by atoms with E-state index in [2.05, 4.69) is 76.8 Å². The predicted octanol–water partition coefficient (Wildman–Crippen LogP) is 5.47. The van der Waals surface area contributed by atoms with Gasteiger partial charge >= 0.3 is 6.03 Å². The zero-order valence-electron chi connectivity index (χ0n) is 23.4. The molecule has 6 rings (SSSR count). The highest BCUT2D eigenvalue weighted by atomic mass is 16.2. The average molecular weight is 528 g/mol. The van der Waals surface area contributed by atoms with Gasteiger partial charge in [-0.1, -0.05) is 19.9 Å². The zero-order chi connectivity index (χ0) is 26.9. The number of hydrogen-bond acceptors (Lipinski definition) is 5. The van der Waals surface area contributed by atoms with Crippen molar-refractivity contribution in [3.8, 4) is 22.4 Å². The smallest absolute Gasteiger partial charge is 0.319 e. The number of carbonyl (C=O) groups excluding carboxylic acids is 1. The van der Waals surface area contributed by atoms with Crippen molar-refractivity contribution >= 4 is 17.5 Å². The summed E-state index contributed by atoms with van der Waals surface area (Å²) in [5, 5.41) is 14.3. The van der Waals surface area contributed by atoms with E-state index in [0.29, 0.717) is 30.3 Å². The number of rotatable bonds is 2. The van der Waals surface area contributed by atoms with Crippen molar-refractivity contribution in [1.82, 2.24) is 25.4 Å². The van der Waals surface area contributed by atoms with Gasteiger partial charge in [0.1, 0.15) is 5.82 Å². The fourth-order valence-corrected chi connectivity index (χ4v) is 6.47. The van der Waals surface area contributed by atoms with E-state index in [9.17, 15) is 4.79 Å². The Labute approximate surface area is 231 Å². The molecular formula is C31H41N7O. The van der Waals surface area contributed by atoms with Crippen LogP contribution in [0.15, 0.2) is 42.7 Å². The number of aromatic nitrogens is 3. The summed E-state index contributed by atoms with van der Waals surface area (Å²) in [7, 11) is 0. The number of anilines is 2. The van der Waals surface area contributed by atoms with E-state index < -0.39 is 0 Å². The van der Waals surface area contributed by atoms with Gasteiger partial charge in [0, 0.05) is 37.1 Å². The number of fused-ring (bicyclic) bond motifs is 8. The fraction of sp³-hybridized carbons (Fsp3) is 0.516. The second-order valence-electron chi connectivity index (χ2n) is 11.8. The van der Waals surface area contributed by atoms with Crippen LogP contribution in [0.25, 0.3) is 22.4 Å². The van der Waals surface area contributed by atoms with Crippen molar-refractivity contribution in [2.75, 3.05) is 42.9 Å². The Morgan fingerprint density at radius 1 is 0.974 bits per heavy atom. The number of nitrogens with zero attached hydrogens (tertiary/aromatic N) is 4. The molecule has 2 aromatic heterocycles. The van der Waals surface area contributed by atoms with Crippen LogP contribution in [0.2, 0.25) is 0 Å². The first kappa shape index (κ1) is 25.9. The Morgan fingerprint density at radius 3 is 2.67 bits per heavy atom. The first-order valence-electron chi connectivity index (χ1n) is 14.6. The van der Waals surface area contributed by atoms with Gasteiger partial charge < -0.3 is 20.9 Å². The van der Waals surface area contributed by atoms with Crippen LogP contribution >= 0.6 is 0 Å². The minimum atomic E-state index is -0.148. The van der Waals surface area contributed by atoms with Crippen molar-refractivity contribution in [2.45, 2.75) is 52.5 Å². The molecule has 3 aromatic rings. The molecule has 6 bridgehead atoms. The summed E-state index contributed by atoms with van der Waals surface area (Å²) < 4.78 is 2.13. The van der Waals surface area contributed by atoms with E-state index in [1.807, 2.05) is 12.3 Å². The summed E-state index contributed by atoms with van der Waals surface area (Å²) in [6.45, 7) is 11.6. The number of aryl methyl sites for hydroxylation is 1. The molecule has 5 heterocycles. The van der Waals surface area contributed by atoms with Gasteiger partial charge in [-0.3, -0.25) is 4.68 Å². The topological polar surface area (TPSA) is 87.1 Å². The molecule has 3 unspecified atom stereocenters. The number of benzene rings is 1. The minimum absolute atomic E-state index is 0.148. The molecule has 206 valence electrons. The first-order chi connectivity index (χ1) is 18.9. The summed E-state index contributed by atoms with van der Waals surface area (Å²) in [6.07, 6.45) is 8.47. The van der Waals surface area contributed by atoms with Crippen LogP contribution in [0.4, 0.5) is 16.3 Å². The van der Waals surface area contributed by atoms with E-state index in [1.54, 1.807) is 0 Å². The van der Waals surface area contributed by atoms with Gasteiger partial charge in [0.2, 0.25) is 0 Å². The SMILES string of the molecule is Cc1ccc2cc1-c1cc(-c3cnn(C4CCNCC4)c3)nc(c1)N1CCC(C1)C(C)C(C)CCNC(=O)N2. The molecule has 3 aliphatic rings. The standard InChI is InChI=1S/C31H41N7O/c1-20-6-12-33-31(39)35-26-5-4-21(2)28(16-26)24-14-29(25-17-34-38(19-25)27-7-10-32-11-8-27)36-30(15-24)37-13-9-23(18-37)22(20)3/h4-5,14-17,19-20,22-23,27,32H,6-13,18H2,1-3H3,(H2,33,35,39). The molecule has 1 aromatic carbocycles. The Balaban J connectivity index is 1.42. The van der Waals surface area contributed by atoms with Crippen molar-refractivity contribution in [2.24, 2.45) is 17.8 Å². The summed E-state index contributed by atoms with van der Waals surface area (Å²) >= 11 is 0. The Bertz CT molecular complexity index is 1330. The Kier molecular flexibility index (Phi) is 7.30. The third kappa shape index (κ3) is 5.53. The Morgan fingerprint density at radius 2 is 1.82 bits per heavy atom. The molecular weight excluding hydrogens is 486 g/mol. The molecule has 3 N–H and O–H groups in total. The number of pyridine rings is 1. The second kappa shape index (κ2) is 11.0. The van der Waals surface area contributed by atoms with Crippen molar-refractivity contribution in [3.05, 3.63) is 48.3 Å². The number of carbonyl (C=O) groups is 1. The molecule has 0 saturated carbocycles. The molecule has 0 spiro atoms. The van der Waals surface area contributed by atoms with E-state index in [4.69, 9.17) is 10.1 Å². The third-order valence-corrected chi connectivity index (χ3v) is 9.27. The molecule has 0 radical (unpaired) electrons. The largest absolute Gasteiger partial charge is 0.356 e. The number of hydrogen-bond donors (Lipinski definition) is 3. The van der Waals surface area contributed by atoms with Gasteiger partial charge in [-0.15, -0.1) is 0 Å². The molecule has 0 aliphatic carbocycles. The maximum atomic E-state index is 12.7. The van der Waals surface area contributed by atoms with Crippen LogP contribution in [-0.4, -0.2) is 53.5 Å². The van der Waals surface area contributed by atoms with Crippen LogP contribution in [0.3, 0.4) is 0 Å². The minimum Gasteiger partial charge on any atom is -0.356 e. The highest BCUT2D eigenvalue weighted by Crippen LogP contribution is 2.37. The van der Waals surface area contributed by atoms with Gasteiger partial charge in [0.05, 0.1) is 17.9 Å². The predicted molar refractivity (Wildman–Crippen MR) is 157 cm³/mol. The third-order valence-electron chi connectivity index (χ3n) is 9.27. The maximum absolute atomic E-state index is 12.7. The molecule has 3 aliphatic heterocycles. The number of amides is 2. The van der Waals surface area contributed by atoms with E-state index in [-0.39, 0.29) is 6.03 Å². The summed E-state index contributed by atoms with van der Waals surface area (Å²) in [5.74, 6) is 2.75. The lowest BCUT2D eigenvalue weighted by atomic mass is 9.82. The molecule has 2 amide bonds. The molecule has 2 fully saturated rings. The number of nitrogens with one attached hydrogen (secondary N) is 3. The number of urea groups is 1. The summed E-state index contributed by atoms with van der Waals surface area (Å²) in [6, 6.07) is 10.8. The normalized spacial score (nSPS) is 24.3.